The number of nitrogens with zero attached hydrogens (tertiary/aromatic N) is 1. The maximum Gasteiger partial charge on any atom is 0.248 e. The Hall–Kier alpha value is -2.58. The number of alkyl halides is 2. The molecule has 4 unspecified atom stereocenters. The van der Waals surface area contributed by atoms with Crippen molar-refractivity contribution in [2.75, 3.05) is 33.4 Å². The Bertz CT molecular complexity index is 1210. The first-order valence-electron chi connectivity index (χ1n) is 14.2. The van der Waals surface area contributed by atoms with Gasteiger partial charge in [-0.05, 0) is 60.8 Å². The summed E-state index contributed by atoms with van der Waals surface area (Å²) >= 11 is 0. The number of benzene rings is 2. The van der Waals surface area contributed by atoms with Gasteiger partial charge in [-0.15, -0.1) is 0 Å². The standard InChI is InChI=1S/C31H37F3N2O3/c1-38-28-8-4-6-24-23(28)17-39-19-30(24)18-35-16-25(30)29(37)36-14-11-21(22-5-2-3-7-26(22)32)15-27(36)20-9-12-31(33,34)13-10-20/h2-8,20-21,25,27,35H,9-19H2,1H3. The molecule has 210 valence electrons. The van der Waals surface area contributed by atoms with Crippen LogP contribution in [-0.2, 0) is 21.6 Å². The van der Waals surface area contributed by atoms with Crippen LogP contribution < -0.4 is 10.1 Å². The summed E-state index contributed by atoms with van der Waals surface area (Å²) in [6, 6.07) is 12.6. The molecule has 1 saturated carbocycles. The Kier molecular flexibility index (Phi) is 7.12. The first-order valence-corrected chi connectivity index (χ1v) is 14.2. The fourth-order valence-corrected chi connectivity index (χ4v) is 7.76. The number of nitrogens with one attached hydrogen (secondary N) is 1. The van der Waals surface area contributed by atoms with E-state index in [9.17, 15) is 18.0 Å². The van der Waals surface area contributed by atoms with Crippen molar-refractivity contribution >= 4 is 5.91 Å². The number of piperidine rings is 1. The first-order chi connectivity index (χ1) is 18.8. The monoisotopic (exact) mass is 542 g/mol. The van der Waals surface area contributed by atoms with Crippen molar-refractivity contribution in [3.63, 3.8) is 0 Å². The molecule has 0 radical (unpaired) electrons. The van der Waals surface area contributed by atoms with Gasteiger partial charge in [-0.3, -0.25) is 4.79 Å². The van der Waals surface area contributed by atoms with Crippen molar-refractivity contribution in [3.05, 3.63) is 65.0 Å². The fraction of sp³-hybridized carbons (Fsp3) is 0.581. The summed E-state index contributed by atoms with van der Waals surface area (Å²) in [6.07, 6.45) is 1.69. The van der Waals surface area contributed by atoms with Crippen LogP contribution in [0.25, 0.3) is 0 Å². The summed E-state index contributed by atoms with van der Waals surface area (Å²) in [5, 5.41) is 3.46. The van der Waals surface area contributed by atoms with Gasteiger partial charge in [-0.25, -0.2) is 13.2 Å². The lowest BCUT2D eigenvalue weighted by atomic mass is 9.68. The minimum Gasteiger partial charge on any atom is -0.496 e. The van der Waals surface area contributed by atoms with Crippen molar-refractivity contribution in [3.8, 4) is 5.75 Å². The zero-order chi connectivity index (χ0) is 27.2. The van der Waals surface area contributed by atoms with Gasteiger partial charge in [0.2, 0.25) is 11.8 Å². The van der Waals surface area contributed by atoms with Crippen LogP contribution in [0.3, 0.4) is 0 Å². The van der Waals surface area contributed by atoms with Crippen LogP contribution in [0.5, 0.6) is 5.75 Å². The topological polar surface area (TPSA) is 50.8 Å². The fourth-order valence-electron chi connectivity index (χ4n) is 7.76. The second-order valence-electron chi connectivity index (χ2n) is 11.9. The van der Waals surface area contributed by atoms with Crippen LogP contribution in [0.4, 0.5) is 13.2 Å². The maximum atomic E-state index is 14.8. The Balaban J connectivity index is 1.32. The first kappa shape index (κ1) is 26.6. The van der Waals surface area contributed by atoms with Crippen molar-refractivity contribution in [1.82, 2.24) is 10.2 Å². The molecule has 1 spiro atoms. The van der Waals surface area contributed by atoms with Gasteiger partial charge in [-0.1, -0.05) is 30.3 Å². The lowest BCUT2D eigenvalue weighted by Crippen LogP contribution is -2.56. The van der Waals surface area contributed by atoms with Gasteiger partial charge in [0.15, 0.2) is 0 Å². The summed E-state index contributed by atoms with van der Waals surface area (Å²) in [7, 11) is 1.64. The number of rotatable bonds is 4. The number of carbonyl (C=O) groups excluding carboxylic acids is 1. The van der Waals surface area contributed by atoms with Crippen LogP contribution in [0.1, 0.15) is 61.1 Å². The number of amides is 1. The second kappa shape index (κ2) is 10.4. The third kappa shape index (κ3) is 4.73. The molecule has 39 heavy (non-hydrogen) atoms. The zero-order valence-electron chi connectivity index (χ0n) is 22.4. The number of hydrogen-bond acceptors (Lipinski definition) is 4. The Morgan fingerprint density at radius 1 is 1.10 bits per heavy atom. The minimum absolute atomic E-state index is 0.0246. The van der Waals surface area contributed by atoms with E-state index >= 15 is 0 Å². The molecular formula is C31H37F3N2O3. The van der Waals surface area contributed by atoms with E-state index in [1.165, 1.54) is 6.07 Å². The highest BCUT2D eigenvalue weighted by molar-refractivity contribution is 5.82. The van der Waals surface area contributed by atoms with E-state index < -0.39 is 11.3 Å². The molecule has 0 bridgehead atoms. The van der Waals surface area contributed by atoms with E-state index in [4.69, 9.17) is 9.47 Å². The third-order valence-corrected chi connectivity index (χ3v) is 9.83. The van der Waals surface area contributed by atoms with Crippen LogP contribution in [0, 0.1) is 17.7 Å². The van der Waals surface area contributed by atoms with Crippen molar-refractivity contribution in [2.24, 2.45) is 11.8 Å². The number of carbonyl (C=O) groups is 1. The third-order valence-electron chi connectivity index (χ3n) is 9.83. The van der Waals surface area contributed by atoms with E-state index in [0.717, 1.165) is 16.9 Å². The molecule has 0 aromatic heterocycles. The molecular weight excluding hydrogens is 505 g/mol. The number of methoxy groups -OCH3 is 1. The lowest BCUT2D eigenvalue weighted by Gasteiger charge is -2.48. The minimum atomic E-state index is -2.65. The molecule has 2 saturated heterocycles. The van der Waals surface area contributed by atoms with Crippen molar-refractivity contribution < 1.29 is 27.4 Å². The van der Waals surface area contributed by atoms with Gasteiger partial charge >= 0.3 is 0 Å². The molecule has 4 aliphatic rings. The summed E-state index contributed by atoms with van der Waals surface area (Å²) < 4.78 is 54.7. The average molecular weight is 543 g/mol. The predicted molar refractivity (Wildman–Crippen MR) is 141 cm³/mol. The van der Waals surface area contributed by atoms with Gasteiger partial charge in [0.05, 0.1) is 26.2 Å². The molecule has 1 amide bonds. The van der Waals surface area contributed by atoms with Crippen LogP contribution in [0.15, 0.2) is 42.5 Å². The Morgan fingerprint density at radius 2 is 1.90 bits per heavy atom. The summed E-state index contributed by atoms with van der Waals surface area (Å²) in [6.45, 7) is 2.52. The number of ether oxygens (including phenoxy) is 2. The van der Waals surface area contributed by atoms with E-state index in [1.54, 1.807) is 13.2 Å². The summed E-state index contributed by atoms with van der Waals surface area (Å²) in [5.74, 6) is -2.48. The lowest BCUT2D eigenvalue weighted by molar-refractivity contribution is -0.145. The highest BCUT2D eigenvalue weighted by atomic mass is 19.3. The smallest absolute Gasteiger partial charge is 0.248 e. The van der Waals surface area contributed by atoms with Crippen LogP contribution in [-0.4, -0.2) is 56.1 Å². The SMILES string of the molecule is COc1cccc2c1COCC21CNCC1C(=O)N1CCC(c2ccccc2F)CC1C1CCC(F)(F)CC1. The molecule has 5 nitrogen and oxygen atoms in total. The van der Waals surface area contributed by atoms with E-state index in [0.29, 0.717) is 64.1 Å². The number of halogens is 3. The molecule has 8 heteroatoms. The molecule has 3 aliphatic heterocycles. The van der Waals surface area contributed by atoms with Crippen LogP contribution >= 0.6 is 0 Å². The van der Waals surface area contributed by atoms with Crippen LogP contribution in [0.2, 0.25) is 0 Å². The van der Waals surface area contributed by atoms with Gasteiger partial charge in [0, 0.05) is 49.5 Å². The molecule has 1 aliphatic carbocycles. The molecule has 2 aromatic rings. The highest BCUT2D eigenvalue weighted by Crippen LogP contribution is 2.47. The average Bonchev–Trinajstić information content (AvgIpc) is 3.36. The Morgan fingerprint density at radius 3 is 2.67 bits per heavy atom. The number of hydrogen-bond donors (Lipinski definition) is 1. The molecule has 6 rings (SSSR count). The number of likely N-dealkylation sites (tertiary alicyclic amines) is 1. The quantitative estimate of drug-likeness (QED) is 0.561. The van der Waals surface area contributed by atoms with Gasteiger partial charge < -0.3 is 19.7 Å². The molecule has 3 heterocycles. The Labute approximate surface area is 228 Å². The van der Waals surface area contributed by atoms with Crippen molar-refractivity contribution in [1.29, 1.82) is 0 Å². The normalized spacial score (nSPS) is 30.8. The predicted octanol–water partition coefficient (Wildman–Crippen LogP) is 5.42. The van der Waals surface area contributed by atoms with Crippen molar-refractivity contribution in [2.45, 2.75) is 68.4 Å². The molecule has 2 aromatic carbocycles. The molecule has 4 atom stereocenters. The zero-order valence-corrected chi connectivity index (χ0v) is 22.4. The van der Waals surface area contributed by atoms with E-state index in [1.807, 2.05) is 29.2 Å². The van der Waals surface area contributed by atoms with E-state index in [-0.39, 0.29) is 48.4 Å². The van der Waals surface area contributed by atoms with Gasteiger partial charge in [0.1, 0.15) is 11.6 Å². The maximum absolute atomic E-state index is 14.8. The number of fused-ring (bicyclic) bond motifs is 2. The largest absolute Gasteiger partial charge is 0.496 e. The molecule has 3 fully saturated rings. The highest BCUT2D eigenvalue weighted by Gasteiger charge is 2.54. The second-order valence-corrected chi connectivity index (χ2v) is 11.9. The van der Waals surface area contributed by atoms with E-state index in [2.05, 4.69) is 11.4 Å². The molecule has 1 N–H and O–H groups in total. The summed E-state index contributed by atoms with van der Waals surface area (Å²) in [4.78, 5) is 16.5. The van der Waals surface area contributed by atoms with Gasteiger partial charge in [-0.2, -0.15) is 0 Å². The summed E-state index contributed by atoms with van der Waals surface area (Å²) in [5.41, 5.74) is 2.21. The van der Waals surface area contributed by atoms with Gasteiger partial charge in [0.25, 0.3) is 0 Å².